The van der Waals surface area contributed by atoms with Gasteiger partial charge < -0.3 is 9.47 Å². The number of rotatable bonds is 5. The molecule has 2 rings (SSSR count). The Balaban J connectivity index is 2.13. The number of benzene rings is 2. The fraction of sp³-hybridized carbons (Fsp3) is 0.263. The van der Waals surface area contributed by atoms with Gasteiger partial charge in [-0.1, -0.05) is 24.3 Å². The predicted molar refractivity (Wildman–Crippen MR) is 87.3 cm³/mol. The Bertz CT molecular complexity index is 810. The maximum absolute atomic E-state index is 13.4. The maximum atomic E-state index is 13.4. The summed E-state index contributed by atoms with van der Waals surface area (Å²) in [7, 11) is 0. The lowest BCUT2D eigenvalue weighted by Gasteiger charge is -2.24. The third-order valence-electron chi connectivity index (χ3n) is 3.63. The summed E-state index contributed by atoms with van der Waals surface area (Å²) in [6.07, 6.45) is -8.38. The summed E-state index contributed by atoms with van der Waals surface area (Å²) in [6, 6.07) is 13.6. The second-order valence-corrected chi connectivity index (χ2v) is 5.61. The van der Waals surface area contributed by atoms with Gasteiger partial charge in [0.1, 0.15) is 5.75 Å². The van der Waals surface area contributed by atoms with Crippen molar-refractivity contribution in [1.29, 1.82) is 5.26 Å². The van der Waals surface area contributed by atoms with Gasteiger partial charge >= 0.3 is 12.1 Å². The number of nitrogens with zero attached hydrogens (tertiary/aromatic N) is 1. The average molecular weight is 363 g/mol. The Labute approximate surface area is 148 Å². The molecule has 0 radical (unpaired) electrons. The number of hydrogen-bond donors (Lipinski definition) is 0. The number of alkyl halides is 3. The fourth-order valence-electron chi connectivity index (χ4n) is 2.26. The van der Waals surface area contributed by atoms with Gasteiger partial charge in [-0.15, -0.1) is 0 Å². The first-order chi connectivity index (χ1) is 12.2. The molecule has 4 nitrogen and oxygen atoms in total. The molecule has 0 aromatic heterocycles. The van der Waals surface area contributed by atoms with E-state index < -0.39 is 24.4 Å². The van der Waals surface area contributed by atoms with E-state index in [0.717, 1.165) is 0 Å². The van der Waals surface area contributed by atoms with E-state index in [1.54, 1.807) is 6.07 Å². The Morgan fingerprint density at radius 3 is 2.27 bits per heavy atom. The van der Waals surface area contributed by atoms with Crippen LogP contribution in [0.4, 0.5) is 13.2 Å². The lowest BCUT2D eigenvalue weighted by Crippen LogP contribution is -2.33. The summed E-state index contributed by atoms with van der Waals surface area (Å²) in [5.41, 5.74) is 0.631. The van der Waals surface area contributed by atoms with Crippen molar-refractivity contribution in [3.8, 4) is 11.8 Å². The molecule has 136 valence electrons. The van der Waals surface area contributed by atoms with E-state index in [-0.39, 0.29) is 11.3 Å². The molecule has 0 aliphatic rings. The molecule has 2 aromatic rings. The minimum atomic E-state index is -4.75. The number of carbonyl (C=O) groups is 1. The topological polar surface area (TPSA) is 59.3 Å². The fourth-order valence-corrected chi connectivity index (χ4v) is 2.26. The highest BCUT2D eigenvalue weighted by Crippen LogP contribution is 2.37. The minimum absolute atomic E-state index is 0.126. The van der Waals surface area contributed by atoms with E-state index in [2.05, 4.69) is 0 Å². The van der Waals surface area contributed by atoms with Crippen molar-refractivity contribution in [3.05, 3.63) is 65.2 Å². The molecule has 0 aliphatic heterocycles. The van der Waals surface area contributed by atoms with Gasteiger partial charge in [-0.2, -0.15) is 18.4 Å². The normalized spacial score (nSPS) is 13.4. The van der Waals surface area contributed by atoms with Gasteiger partial charge in [0.25, 0.3) is 0 Å². The van der Waals surface area contributed by atoms with Gasteiger partial charge in [-0.3, -0.25) is 0 Å². The van der Waals surface area contributed by atoms with E-state index >= 15 is 0 Å². The van der Waals surface area contributed by atoms with Crippen LogP contribution in [0.1, 0.15) is 29.7 Å². The number of aryl methyl sites for hydroxylation is 1. The zero-order chi connectivity index (χ0) is 19.3. The van der Waals surface area contributed by atoms with Crippen LogP contribution >= 0.6 is 0 Å². The van der Waals surface area contributed by atoms with Crippen LogP contribution in [0.3, 0.4) is 0 Å². The first-order valence-corrected chi connectivity index (χ1v) is 7.72. The zero-order valence-electron chi connectivity index (χ0n) is 14.1. The van der Waals surface area contributed by atoms with Gasteiger partial charge in [0, 0.05) is 5.56 Å². The molecule has 0 bridgehead atoms. The Morgan fingerprint density at radius 1 is 1.12 bits per heavy atom. The van der Waals surface area contributed by atoms with Crippen molar-refractivity contribution in [1.82, 2.24) is 0 Å². The number of nitriles is 1. The highest BCUT2D eigenvalue weighted by molar-refractivity contribution is 5.75. The van der Waals surface area contributed by atoms with Crippen molar-refractivity contribution >= 4 is 5.97 Å². The van der Waals surface area contributed by atoms with Crippen LogP contribution in [0.25, 0.3) is 0 Å². The standard InChI is InChI=1S/C19H16F3NO3/c1-12-5-3-4-6-16(12)17(19(20,21)22)26-18(24)13(2)25-15-9-7-14(11-23)8-10-15/h3-10,13,17H,1-2H3. The summed E-state index contributed by atoms with van der Waals surface area (Å²) in [4.78, 5) is 12.1. The second kappa shape index (κ2) is 7.91. The second-order valence-electron chi connectivity index (χ2n) is 5.61. The first-order valence-electron chi connectivity index (χ1n) is 7.72. The van der Waals surface area contributed by atoms with E-state index in [9.17, 15) is 18.0 Å². The van der Waals surface area contributed by atoms with Gasteiger partial charge in [-0.05, 0) is 43.7 Å². The zero-order valence-corrected chi connectivity index (χ0v) is 14.1. The molecule has 0 heterocycles. The van der Waals surface area contributed by atoms with E-state index in [0.29, 0.717) is 11.1 Å². The highest BCUT2D eigenvalue weighted by atomic mass is 19.4. The molecule has 0 fully saturated rings. The smallest absolute Gasteiger partial charge is 0.429 e. The quantitative estimate of drug-likeness (QED) is 0.735. The molecule has 0 spiro atoms. The van der Waals surface area contributed by atoms with Crippen LogP contribution in [0, 0.1) is 18.3 Å². The number of halogens is 3. The molecule has 26 heavy (non-hydrogen) atoms. The number of esters is 1. The molecule has 2 aromatic carbocycles. The van der Waals surface area contributed by atoms with Crippen LogP contribution in [-0.4, -0.2) is 18.2 Å². The van der Waals surface area contributed by atoms with Crippen molar-refractivity contribution in [2.45, 2.75) is 32.2 Å². The van der Waals surface area contributed by atoms with Crippen LogP contribution in [0.15, 0.2) is 48.5 Å². The van der Waals surface area contributed by atoms with Crippen molar-refractivity contribution < 1.29 is 27.4 Å². The summed E-state index contributed by atoms with van der Waals surface area (Å²) in [6.45, 7) is 2.81. The molecule has 2 unspecified atom stereocenters. The Morgan fingerprint density at radius 2 is 1.73 bits per heavy atom. The molecule has 0 aliphatic carbocycles. The van der Waals surface area contributed by atoms with Crippen molar-refractivity contribution in [2.75, 3.05) is 0 Å². The number of hydrogen-bond acceptors (Lipinski definition) is 4. The third-order valence-corrected chi connectivity index (χ3v) is 3.63. The molecular formula is C19H16F3NO3. The summed E-state index contributed by atoms with van der Waals surface area (Å²) >= 11 is 0. The first kappa shape index (κ1) is 19.3. The predicted octanol–water partition coefficient (Wildman–Crippen LogP) is 4.48. The summed E-state index contributed by atoms with van der Waals surface area (Å²) in [5.74, 6) is -0.896. The summed E-state index contributed by atoms with van der Waals surface area (Å²) < 4.78 is 50.1. The van der Waals surface area contributed by atoms with Gasteiger partial charge in [0.05, 0.1) is 11.6 Å². The molecule has 0 amide bonds. The third kappa shape index (κ3) is 4.76. The average Bonchev–Trinajstić information content (AvgIpc) is 2.60. The van der Waals surface area contributed by atoms with Crippen LogP contribution in [0.5, 0.6) is 5.75 Å². The van der Waals surface area contributed by atoms with E-state index in [1.807, 2.05) is 6.07 Å². The molecular weight excluding hydrogens is 347 g/mol. The lowest BCUT2D eigenvalue weighted by atomic mass is 10.0. The van der Waals surface area contributed by atoms with Crippen molar-refractivity contribution in [2.24, 2.45) is 0 Å². The Hall–Kier alpha value is -3.01. The summed E-state index contributed by atoms with van der Waals surface area (Å²) in [5, 5.41) is 8.73. The SMILES string of the molecule is Cc1ccccc1C(OC(=O)C(C)Oc1ccc(C#N)cc1)C(F)(F)F. The molecule has 0 saturated carbocycles. The maximum Gasteiger partial charge on any atom is 0.429 e. The lowest BCUT2D eigenvalue weighted by molar-refractivity contribution is -0.227. The van der Waals surface area contributed by atoms with E-state index in [1.165, 1.54) is 56.3 Å². The number of ether oxygens (including phenoxy) is 2. The van der Waals surface area contributed by atoms with Crippen LogP contribution in [-0.2, 0) is 9.53 Å². The van der Waals surface area contributed by atoms with Gasteiger partial charge in [-0.25, -0.2) is 4.79 Å². The van der Waals surface area contributed by atoms with Crippen molar-refractivity contribution in [3.63, 3.8) is 0 Å². The van der Waals surface area contributed by atoms with Crippen LogP contribution < -0.4 is 4.74 Å². The molecule has 7 heteroatoms. The molecule has 0 N–H and O–H groups in total. The molecule has 2 atom stereocenters. The highest BCUT2D eigenvalue weighted by Gasteiger charge is 2.45. The molecule has 0 saturated heterocycles. The van der Waals surface area contributed by atoms with Crippen LogP contribution in [0.2, 0.25) is 0 Å². The Kier molecular flexibility index (Phi) is 5.88. The van der Waals surface area contributed by atoms with E-state index in [4.69, 9.17) is 14.7 Å². The monoisotopic (exact) mass is 363 g/mol. The largest absolute Gasteiger partial charge is 0.479 e. The van der Waals surface area contributed by atoms with Gasteiger partial charge in [0.15, 0.2) is 6.10 Å². The minimum Gasteiger partial charge on any atom is -0.479 e. The van der Waals surface area contributed by atoms with Gasteiger partial charge in [0.2, 0.25) is 6.10 Å². The number of carbonyl (C=O) groups excluding carboxylic acids is 1.